The molecule has 74 valence electrons. The van der Waals surface area contributed by atoms with Crippen LogP contribution >= 0.6 is 11.8 Å². The third kappa shape index (κ3) is 6.99. The lowest BCUT2D eigenvalue weighted by Gasteiger charge is -2.19. The van der Waals surface area contributed by atoms with E-state index in [1.54, 1.807) is 0 Å². The summed E-state index contributed by atoms with van der Waals surface area (Å²) in [6, 6.07) is 0.738. The van der Waals surface area contributed by atoms with Gasteiger partial charge < -0.3 is 5.32 Å². The molecule has 0 heterocycles. The number of rotatable bonds is 7. The van der Waals surface area contributed by atoms with E-state index >= 15 is 0 Å². The van der Waals surface area contributed by atoms with E-state index in [4.69, 9.17) is 0 Å². The molecule has 1 N–H and O–H groups in total. The lowest BCUT2D eigenvalue weighted by Crippen LogP contribution is -2.30. The van der Waals surface area contributed by atoms with Crippen molar-refractivity contribution in [3.63, 3.8) is 0 Å². The van der Waals surface area contributed by atoms with E-state index in [9.17, 15) is 0 Å². The highest BCUT2D eigenvalue weighted by atomic mass is 32.2. The molecule has 0 aromatic carbocycles. The van der Waals surface area contributed by atoms with Crippen LogP contribution in [0.2, 0.25) is 0 Å². The van der Waals surface area contributed by atoms with Gasteiger partial charge in [0.25, 0.3) is 0 Å². The lowest BCUT2D eigenvalue weighted by molar-refractivity contribution is 0.419. The quantitative estimate of drug-likeness (QED) is 0.661. The van der Waals surface area contributed by atoms with Crippen molar-refractivity contribution in [1.29, 1.82) is 0 Å². The molecule has 0 amide bonds. The van der Waals surface area contributed by atoms with Crippen molar-refractivity contribution in [1.82, 2.24) is 5.32 Å². The van der Waals surface area contributed by atoms with Gasteiger partial charge in [0.2, 0.25) is 0 Å². The fraction of sp³-hybridized carbons (Fsp3) is 1.00. The minimum atomic E-state index is 0.738. The predicted octanol–water partition coefficient (Wildman–Crippen LogP) is 2.76. The first-order chi connectivity index (χ1) is 5.70. The molecule has 0 aromatic heterocycles. The number of thioether (sulfide) groups is 1. The second-order valence-electron chi connectivity index (χ2n) is 3.67. The van der Waals surface area contributed by atoms with Gasteiger partial charge in [-0.2, -0.15) is 11.8 Å². The van der Waals surface area contributed by atoms with Crippen LogP contribution in [0.1, 0.15) is 33.6 Å². The van der Waals surface area contributed by atoms with Gasteiger partial charge in [0, 0.05) is 6.04 Å². The van der Waals surface area contributed by atoms with Gasteiger partial charge in [0.1, 0.15) is 0 Å². The maximum absolute atomic E-state index is 3.54. The summed E-state index contributed by atoms with van der Waals surface area (Å²) in [7, 11) is 0. The van der Waals surface area contributed by atoms with Crippen molar-refractivity contribution >= 4 is 11.8 Å². The Bertz CT molecular complexity index is 93.8. The largest absolute Gasteiger partial charge is 0.314 e. The molecule has 0 spiro atoms. The van der Waals surface area contributed by atoms with Crippen LogP contribution in [0.4, 0.5) is 0 Å². The molecular weight excluding hydrogens is 166 g/mol. The molecule has 0 fully saturated rings. The third-order valence-corrected chi connectivity index (χ3v) is 2.56. The van der Waals surface area contributed by atoms with E-state index in [2.05, 4.69) is 32.3 Å². The highest BCUT2D eigenvalue weighted by Crippen LogP contribution is 2.10. The first-order valence-corrected chi connectivity index (χ1v) is 6.32. The van der Waals surface area contributed by atoms with Gasteiger partial charge in [-0.05, 0) is 37.3 Å². The van der Waals surface area contributed by atoms with Crippen LogP contribution in [0.5, 0.6) is 0 Å². The monoisotopic (exact) mass is 189 g/mol. The molecule has 0 saturated heterocycles. The molecule has 1 unspecified atom stereocenters. The summed E-state index contributed by atoms with van der Waals surface area (Å²) in [6.45, 7) is 7.88. The highest BCUT2D eigenvalue weighted by Gasteiger charge is 2.08. The zero-order valence-electron chi connectivity index (χ0n) is 8.89. The van der Waals surface area contributed by atoms with Gasteiger partial charge >= 0.3 is 0 Å². The number of hydrogen-bond donors (Lipinski definition) is 1. The van der Waals surface area contributed by atoms with Crippen molar-refractivity contribution in [2.45, 2.75) is 39.7 Å². The van der Waals surface area contributed by atoms with Crippen LogP contribution in [-0.4, -0.2) is 24.6 Å². The molecular formula is C10H23NS. The van der Waals surface area contributed by atoms with Crippen LogP contribution < -0.4 is 5.32 Å². The molecule has 12 heavy (non-hydrogen) atoms. The van der Waals surface area contributed by atoms with E-state index in [-0.39, 0.29) is 0 Å². The van der Waals surface area contributed by atoms with Crippen LogP contribution in [0, 0.1) is 5.92 Å². The minimum Gasteiger partial charge on any atom is -0.314 e. The average Bonchev–Trinajstić information content (AvgIpc) is 2.00. The Morgan fingerprint density at radius 2 is 2.00 bits per heavy atom. The summed E-state index contributed by atoms with van der Waals surface area (Å²) in [6.07, 6.45) is 4.81. The van der Waals surface area contributed by atoms with Gasteiger partial charge in [0.05, 0.1) is 0 Å². The molecule has 0 aliphatic heterocycles. The molecule has 1 atom stereocenters. The second kappa shape index (κ2) is 7.93. The Balaban J connectivity index is 3.54. The molecule has 0 saturated carbocycles. The Labute approximate surface area is 81.7 Å². The van der Waals surface area contributed by atoms with Crippen molar-refractivity contribution in [2.24, 2.45) is 5.92 Å². The summed E-state index contributed by atoms with van der Waals surface area (Å²) in [4.78, 5) is 0. The Kier molecular flexibility index (Phi) is 8.14. The van der Waals surface area contributed by atoms with Gasteiger partial charge in [-0.3, -0.25) is 0 Å². The molecule has 0 rings (SSSR count). The summed E-state index contributed by atoms with van der Waals surface area (Å²) in [5.41, 5.74) is 0. The molecule has 2 heteroatoms. The van der Waals surface area contributed by atoms with Gasteiger partial charge in [-0.15, -0.1) is 0 Å². The number of nitrogens with one attached hydrogen (secondary N) is 1. The lowest BCUT2D eigenvalue weighted by atomic mass is 10.0. The van der Waals surface area contributed by atoms with E-state index in [1.165, 1.54) is 18.6 Å². The first kappa shape index (κ1) is 12.3. The summed E-state index contributed by atoms with van der Waals surface area (Å²) in [5.74, 6) is 2.10. The zero-order valence-corrected chi connectivity index (χ0v) is 9.71. The van der Waals surface area contributed by atoms with Crippen molar-refractivity contribution < 1.29 is 0 Å². The van der Waals surface area contributed by atoms with Crippen LogP contribution in [0.3, 0.4) is 0 Å². The molecule has 0 aliphatic carbocycles. The third-order valence-electron chi connectivity index (χ3n) is 1.92. The Hall–Kier alpha value is 0.310. The van der Waals surface area contributed by atoms with Gasteiger partial charge in [0.15, 0.2) is 0 Å². The molecule has 0 bridgehead atoms. The average molecular weight is 189 g/mol. The van der Waals surface area contributed by atoms with Gasteiger partial charge in [-0.1, -0.05) is 20.8 Å². The summed E-state index contributed by atoms with van der Waals surface area (Å²) < 4.78 is 0. The second-order valence-corrected chi connectivity index (χ2v) is 4.65. The first-order valence-electron chi connectivity index (χ1n) is 4.93. The van der Waals surface area contributed by atoms with E-state index in [1.807, 2.05) is 11.8 Å². The summed E-state index contributed by atoms with van der Waals surface area (Å²) >= 11 is 1.94. The topological polar surface area (TPSA) is 12.0 Å². The smallest absolute Gasteiger partial charge is 0.00772 e. The van der Waals surface area contributed by atoms with Crippen molar-refractivity contribution in [3.8, 4) is 0 Å². The SMILES string of the molecule is CCNC(CCSC)CC(C)C. The van der Waals surface area contributed by atoms with Crippen molar-refractivity contribution in [3.05, 3.63) is 0 Å². The highest BCUT2D eigenvalue weighted by molar-refractivity contribution is 7.98. The molecule has 0 aromatic rings. The standard InChI is InChI=1S/C10H23NS/c1-5-11-10(6-7-12-4)8-9(2)3/h9-11H,5-8H2,1-4H3. The van der Waals surface area contributed by atoms with Crippen LogP contribution in [0.15, 0.2) is 0 Å². The van der Waals surface area contributed by atoms with Crippen LogP contribution in [-0.2, 0) is 0 Å². The molecule has 0 aliphatic rings. The van der Waals surface area contributed by atoms with E-state index < -0.39 is 0 Å². The molecule has 1 nitrogen and oxygen atoms in total. The fourth-order valence-electron chi connectivity index (χ4n) is 1.42. The predicted molar refractivity (Wildman–Crippen MR) is 59.9 cm³/mol. The van der Waals surface area contributed by atoms with E-state index in [0.717, 1.165) is 18.5 Å². The minimum absolute atomic E-state index is 0.738. The molecule has 0 radical (unpaired) electrons. The van der Waals surface area contributed by atoms with Gasteiger partial charge in [-0.25, -0.2) is 0 Å². The maximum atomic E-state index is 3.54. The number of hydrogen-bond acceptors (Lipinski definition) is 2. The maximum Gasteiger partial charge on any atom is 0.00772 e. The Morgan fingerprint density at radius 1 is 1.33 bits per heavy atom. The summed E-state index contributed by atoms with van der Waals surface area (Å²) in [5, 5.41) is 3.54. The Morgan fingerprint density at radius 3 is 2.42 bits per heavy atom. The fourth-order valence-corrected chi connectivity index (χ4v) is 1.94. The van der Waals surface area contributed by atoms with Crippen LogP contribution in [0.25, 0.3) is 0 Å². The zero-order chi connectivity index (χ0) is 9.40. The van der Waals surface area contributed by atoms with E-state index in [0.29, 0.717) is 0 Å². The van der Waals surface area contributed by atoms with Crippen molar-refractivity contribution in [2.75, 3.05) is 18.6 Å². The normalized spacial score (nSPS) is 13.8.